The Hall–Kier alpha value is -1.10. The Morgan fingerprint density at radius 1 is 1.62 bits per heavy atom. The second-order valence-electron chi connectivity index (χ2n) is 2.37. The minimum Gasteiger partial charge on any atom is -0.383 e. The van der Waals surface area contributed by atoms with Gasteiger partial charge in [-0.15, -0.1) is 0 Å². The van der Waals surface area contributed by atoms with E-state index in [0.29, 0.717) is 5.82 Å². The number of halogens is 1. The summed E-state index contributed by atoms with van der Waals surface area (Å²) in [5, 5.41) is 2.95. The summed E-state index contributed by atoms with van der Waals surface area (Å²) in [5.74, 6) is 1.18. The second-order valence-corrected chi connectivity index (χ2v) is 3.22. The summed E-state index contributed by atoms with van der Waals surface area (Å²) in [6.07, 6.45) is 3.33. The number of hydrogen-bond donors (Lipinski definition) is 2. The van der Waals surface area contributed by atoms with Crippen molar-refractivity contribution in [1.29, 1.82) is 0 Å². The first kappa shape index (κ1) is 9.98. The van der Waals surface area contributed by atoms with Crippen molar-refractivity contribution in [1.82, 2.24) is 9.97 Å². The molecule has 1 aromatic rings. The third-order valence-electron chi connectivity index (χ3n) is 1.61. The molecule has 3 N–H and O–H groups in total. The highest BCUT2D eigenvalue weighted by atomic mass is 79.9. The van der Waals surface area contributed by atoms with Crippen LogP contribution < -0.4 is 11.1 Å². The van der Waals surface area contributed by atoms with Crippen molar-refractivity contribution in [2.45, 2.75) is 6.92 Å². The third kappa shape index (κ3) is 1.98. The number of nitrogen functional groups attached to an aromatic ring is 1. The van der Waals surface area contributed by atoms with Crippen molar-refractivity contribution in [3.8, 4) is 0 Å². The van der Waals surface area contributed by atoms with E-state index in [1.807, 2.05) is 13.0 Å². The van der Waals surface area contributed by atoms with E-state index < -0.39 is 0 Å². The van der Waals surface area contributed by atoms with Crippen LogP contribution in [0.25, 0.3) is 4.48 Å². The normalized spacial score (nSPS) is 11.5. The predicted octanol–water partition coefficient (Wildman–Crippen LogP) is 1.86. The SMILES string of the molecule is C/C=C(/Br)c1c(N)ncnc1NC. The van der Waals surface area contributed by atoms with Crippen molar-refractivity contribution < 1.29 is 0 Å². The number of hydrogen-bond acceptors (Lipinski definition) is 4. The molecule has 1 aromatic heterocycles. The van der Waals surface area contributed by atoms with Gasteiger partial charge in [0.25, 0.3) is 0 Å². The first-order valence-electron chi connectivity index (χ1n) is 3.81. The van der Waals surface area contributed by atoms with Crippen molar-refractivity contribution in [2.75, 3.05) is 18.1 Å². The Labute approximate surface area is 85.4 Å². The summed E-state index contributed by atoms with van der Waals surface area (Å²) >= 11 is 3.39. The quantitative estimate of drug-likeness (QED) is 0.832. The van der Waals surface area contributed by atoms with Gasteiger partial charge >= 0.3 is 0 Å². The Kier molecular flexibility index (Phi) is 3.25. The minimum absolute atomic E-state index is 0.462. The number of rotatable bonds is 2. The maximum atomic E-state index is 5.71. The molecule has 5 heteroatoms. The Balaban J connectivity index is 3.31. The summed E-state index contributed by atoms with van der Waals surface area (Å²) in [7, 11) is 1.79. The zero-order chi connectivity index (χ0) is 9.84. The zero-order valence-corrected chi connectivity index (χ0v) is 9.09. The fourth-order valence-electron chi connectivity index (χ4n) is 0.969. The summed E-state index contributed by atoms with van der Waals surface area (Å²) in [5.41, 5.74) is 6.51. The molecule has 0 aliphatic rings. The van der Waals surface area contributed by atoms with Gasteiger partial charge in [0.15, 0.2) is 0 Å². The molecule has 1 heterocycles. The van der Waals surface area contributed by atoms with Crippen LogP contribution in [0.2, 0.25) is 0 Å². The molecule has 13 heavy (non-hydrogen) atoms. The fourth-order valence-corrected chi connectivity index (χ4v) is 1.36. The van der Waals surface area contributed by atoms with Gasteiger partial charge in [-0.05, 0) is 6.92 Å². The molecule has 0 atom stereocenters. The van der Waals surface area contributed by atoms with E-state index in [0.717, 1.165) is 15.9 Å². The fraction of sp³-hybridized carbons (Fsp3) is 0.250. The maximum absolute atomic E-state index is 5.71. The number of allylic oxidation sites excluding steroid dienone is 1. The monoisotopic (exact) mass is 242 g/mol. The van der Waals surface area contributed by atoms with Gasteiger partial charge in [0.2, 0.25) is 0 Å². The topological polar surface area (TPSA) is 63.8 Å². The molecule has 4 nitrogen and oxygen atoms in total. The smallest absolute Gasteiger partial charge is 0.139 e. The lowest BCUT2D eigenvalue weighted by Crippen LogP contribution is -2.03. The highest BCUT2D eigenvalue weighted by Gasteiger charge is 2.09. The first-order chi connectivity index (χ1) is 6.20. The third-order valence-corrected chi connectivity index (χ3v) is 2.46. The molecule has 0 aliphatic heterocycles. The number of anilines is 2. The molecular formula is C8H11BrN4. The molecule has 0 amide bonds. The standard InChI is InChI=1S/C8H11BrN4/c1-3-5(9)6-7(10)12-4-13-8(6)11-2/h3-4H,1-2H3,(H3,10,11,12,13)/b5-3+. The maximum Gasteiger partial charge on any atom is 0.139 e. The van der Waals surface area contributed by atoms with E-state index >= 15 is 0 Å². The first-order valence-corrected chi connectivity index (χ1v) is 4.60. The average Bonchev–Trinajstić information content (AvgIpc) is 2.16. The van der Waals surface area contributed by atoms with Gasteiger partial charge in [-0.25, -0.2) is 9.97 Å². The predicted molar refractivity (Wildman–Crippen MR) is 58.6 cm³/mol. The number of nitrogens with zero attached hydrogens (tertiary/aromatic N) is 2. The Morgan fingerprint density at radius 3 is 2.85 bits per heavy atom. The minimum atomic E-state index is 0.462. The van der Waals surface area contributed by atoms with Crippen molar-refractivity contribution >= 4 is 32.0 Å². The molecule has 0 saturated carbocycles. The summed E-state index contributed by atoms with van der Waals surface area (Å²) < 4.78 is 0.884. The van der Waals surface area contributed by atoms with Crippen LogP contribution >= 0.6 is 15.9 Å². The van der Waals surface area contributed by atoms with E-state index in [4.69, 9.17) is 5.73 Å². The van der Waals surface area contributed by atoms with Crippen LogP contribution in [0.15, 0.2) is 12.4 Å². The molecule has 0 aromatic carbocycles. The highest BCUT2D eigenvalue weighted by molar-refractivity contribution is 9.15. The Bertz CT molecular complexity index is 335. The van der Waals surface area contributed by atoms with E-state index in [1.54, 1.807) is 7.05 Å². The van der Waals surface area contributed by atoms with Crippen LogP contribution in [-0.4, -0.2) is 17.0 Å². The summed E-state index contributed by atoms with van der Waals surface area (Å²) in [6, 6.07) is 0. The average molecular weight is 243 g/mol. The molecule has 70 valence electrons. The van der Waals surface area contributed by atoms with Gasteiger partial charge in [0.1, 0.15) is 18.0 Å². The van der Waals surface area contributed by atoms with Crippen molar-refractivity contribution in [3.05, 3.63) is 18.0 Å². The van der Waals surface area contributed by atoms with Crippen LogP contribution in [0.5, 0.6) is 0 Å². The molecule has 1 rings (SSSR count). The Morgan fingerprint density at radius 2 is 2.31 bits per heavy atom. The van der Waals surface area contributed by atoms with Gasteiger partial charge in [-0.3, -0.25) is 0 Å². The molecule has 0 fully saturated rings. The van der Waals surface area contributed by atoms with Crippen LogP contribution in [0.4, 0.5) is 11.6 Å². The number of aromatic nitrogens is 2. The van der Waals surface area contributed by atoms with Crippen LogP contribution in [-0.2, 0) is 0 Å². The molecule has 0 bridgehead atoms. The molecule has 0 saturated heterocycles. The molecule has 0 unspecified atom stereocenters. The van der Waals surface area contributed by atoms with Crippen LogP contribution in [0.3, 0.4) is 0 Å². The molecular weight excluding hydrogens is 232 g/mol. The molecule has 0 spiro atoms. The van der Waals surface area contributed by atoms with E-state index in [1.165, 1.54) is 6.33 Å². The molecule has 0 radical (unpaired) electrons. The van der Waals surface area contributed by atoms with Crippen molar-refractivity contribution in [2.24, 2.45) is 0 Å². The lowest BCUT2D eigenvalue weighted by Gasteiger charge is -2.08. The van der Waals surface area contributed by atoms with E-state index in [2.05, 4.69) is 31.2 Å². The van der Waals surface area contributed by atoms with Crippen molar-refractivity contribution in [3.63, 3.8) is 0 Å². The summed E-state index contributed by atoms with van der Waals surface area (Å²) in [4.78, 5) is 7.97. The van der Waals surface area contributed by atoms with Crippen LogP contribution in [0.1, 0.15) is 12.5 Å². The number of nitrogens with two attached hydrogens (primary N) is 1. The van der Waals surface area contributed by atoms with Gasteiger partial charge in [-0.2, -0.15) is 0 Å². The van der Waals surface area contributed by atoms with E-state index in [-0.39, 0.29) is 0 Å². The largest absolute Gasteiger partial charge is 0.383 e. The van der Waals surface area contributed by atoms with Gasteiger partial charge in [-0.1, -0.05) is 22.0 Å². The van der Waals surface area contributed by atoms with Gasteiger partial charge in [0.05, 0.1) is 5.56 Å². The highest BCUT2D eigenvalue weighted by Crippen LogP contribution is 2.29. The zero-order valence-electron chi connectivity index (χ0n) is 7.50. The summed E-state index contributed by atoms with van der Waals surface area (Å²) in [6.45, 7) is 1.91. The van der Waals surface area contributed by atoms with Crippen LogP contribution in [0, 0.1) is 0 Å². The van der Waals surface area contributed by atoms with E-state index in [9.17, 15) is 0 Å². The second kappa shape index (κ2) is 4.23. The van der Waals surface area contributed by atoms with Gasteiger partial charge < -0.3 is 11.1 Å². The van der Waals surface area contributed by atoms with Gasteiger partial charge in [0, 0.05) is 11.5 Å². The number of nitrogens with one attached hydrogen (secondary N) is 1. The lowest BCUT2D eigenvalue weighted by atomic mass is 10.2. The lowest BCUT2D eigenvalue weighted by molar-refractivity contribution is 1.16. The molecule has 0 aliphatic carbocycles.